The van der Waals surface area contributed by atoms with E-state index < -0.39 is 23.8 Å². The maximum absolute atomic E-state index is 13.7. The number of benzene rings is 2. The molecule has 8 rings (SSSR count). The molecule has 12 nitrogen and oxygen atoms in total. The van der Waals surface area contributed by atoms with E-state index in [2.05, 4.69) is 54.2 Å². The predicted octanol–water partition coefficient (Wildman–Crippen LogP) is 5.20. The molecule has 13 heteroatoms. The molecule has 5 amide bonds. The van der Waals surface area contributed by atoms with Crippen LogP contribution in [0.25, 0.3) is 0 Å². The molecule has 2 saturated heterocycles. The second-order valence-electron chi connectivity index (χ2n) is 18.1. The topological polar surface area (TPSA) is 152 Å². The van der Waals surface area contributed by atoms with Gasteiger partial charge >= 0.3 is 0 Å². The minimum absolute atomic E-state index is 0.0323. The highest BCUT2D eigenvalue weighted by Crippen LogP contribution is 2.56. The van der Waals surface area contributed by atoms with Crippen molar-refractivity contribution in [1.82, 2.24) is 25.3 Å². The first-order valence-corrected chi connectivity index (χ1v) is 20.5. The highest BCUT2D eigenvalue weighted by molar-refractivity contribution is 6.31. The summed E-state index contributed by atoms with van der Waals surface area (Å²) in [4.78, 5) is 69.9. The highest BCUT2D eigenvalue weighted by Gasteiger charge is 2.63. The summed E-state index contributed by atoms with van der Waals surface area (Å²) in [6.07, 6.45) is 5.83. The number of piperidine rings is 2. The summed E-state index contributed by atoms with van der Waals surface area (Å²) in [5.41, 5.74) is 2.90. The summed E-state index contributed by atoms with van der Waals surface area (Å²) in [7, 11) is 0. The number of rotatable bonds is 8. The number of nitriles is 1. The Hall–Kier alpha value is -4.31. The number of fused-ring (bicyclic) bond motifs is 2. The summed E-state index contributed by atoms with van der Waals surface area (Å²) < 4.78 is 6.48. The average Bonchev–Trinajstić information content (AvgIpc) is 3.67. The first-order chi connectivity index (χ1) is 26.6. The molecule has 296 valence electrons. The van der Waals surface area contributed by atoms with Gasteiger partial charge in [0.15, 0.2) is 0 Å². The monoisotopic (exact) mass is 782 g/mol. The van der Waals surface area contributed by atoms with Gasteiger partial charge in [0.2, 0.25) is 17.7 Å². The fraction of sp³-hybridized carbons (Fsp3) is 0.581. The molecule has 2 saturated carbocycles. The van der Waals surface area contributed by atoms with Crippen molar-refractivity contribution in [3.63, 3.8) is 0 Å². The van der Waals surface area contributed by atoms with Crippen LogP contribution in [0.1, 0.15) is 116 Å². The molecule has 4 heterocycles. The zero-order valence-electron chi connectivity index (χ0n) is 32.7. The molecule has 2 aliphatic carbocycles. The van der Waals surface area contributed by atoms with Gasteiger partial charge in [0.05, 0.1) is 21.7 Å². The van der Waals surface area contributed by atoms with Gasteiger partial charge in [-0.2, -0.15) is 5.26 Å². The Balaban J connectivity index is 0.782. The molecule has 1 atom stereocenters. The van der Waals surface area contributed by atoms with E-state index in [-0.39, 0.29) is 47.6 Å². The number of imide groups is 2. The molecule has 4 fully saturated rings. The third-order valence-corrected chi connectivity index (χ3v) is 13.9. The van der Waals surface area contributed by atoms with Gasteiger partial charge in [0.1, 0.15) is 24.0 Å². The Bertz CT molecular complexity index is 1970. The lowest BCUT2D eigenvalue weighted by Crippen LogP contribution is -2.75. The standard InChI is InChI=1S/C43H51ClN6O6/c1-42(2)40(43(3,4)41(42)56-30-10-7-26(20-45)33(44)19-30)46-29-8-5-25(6-9-29)37(53)49-15-13-24(14-16-49)21-48-22-27-17-31-32(18-28(27)23-48)39(55)50(38(31)54)34-11-12-35(51)47-36(34)52/h7,10,17-19,24-25,29,34,40-41,46H,5-6,8-9,11-16,21-23H2,1-4H3,(H,47,51,52). The molecule has 1 unspecified atom stereocenters. The Morgan fingerprint density at radius 2 is 1.54 bits per heavy atom. The summed E-state index contributed by atoms with van der Waals surface area (Å²) in [5, 5.41) is 15.8. The highest BCUT2D eigenvalue weighted by atomic mass is 35.5. The van der Waals surface area contributed by atoms with Gasteiger partial charge in [-0.05, 0) is 86.3 Å². The number of likely N-dealkylation sites (tertiary alicyclic amines) is 1. The van der Waals surface area contributed by atoms with E-state index in [0.29, 0.717) is 58.4 Å². The molecule has 0 spiro atoms. The molecule has 4 aliphatic heterocycles. The lowest BCUT2D eigenvalue weighted by molar-refractivity contribution is -0.172. The second-order valence-corrected chi connectivity index (χ2v) is 18.5. The zero-order valence-corrected chi connectivity index (χ0v) is 33.4. The van der Waals surface area contributed by atoms with Crippen LogP contribution in [0.3, 0.4) is 0 Å². The number of amides is 5. The van der Waals surface area contributed by atoms with E-state index in [9.17, 15) is 29.2 Å². The molecule has 2 aromatic rings. The molecular formula is C43H51ClN6O6. The Labute approximate surface area is 333 Å². The SMILES string of the molecule is CC1(C)C(NC2CCC(C(=O)N3CCC(CN4Cc5cc6c(cc5C4)C(=O)N(C4CCC(=O)NC4=O)C6=O)CC3)CC2)C(C)(C)C1Oc1ccc(C#N)c(Cl)c1. The second kappa shape index (κ2) is 14.6. The predicted molar refractivity (Wildman–Crippen MR) is 207 cm³/mol. The zero-order chi connectivity index (χ0) is 39.7. The van der Waals surface area contributed by atoms with Crippen molar-refractivity contribution in [3.05, 3.63) is 63.2 Å². The molecule has 56 heavy (non-hydrogen) atoms. The summed E-state index contributed by atoms with van der Waals surface area (Å²) in [5.74, 6) is -0.439. The van der Waals surface area contributed by atoms with E-state index in [0.717, 1.165) is 74.2 Å². The first-order valence-electron chi connectivity index (χ1n) is 20.2. The number of nitrogens with zero attached hydrogens (tertiary/aromatic N) is 4. The number of hydrogen-bond donors (Lipinski definition) is 2. The van der Waals surface area contributed by atoms with Gasteiger partial charge in [-0.3, -0.25) is 39.1 Å². The van der Waals surface area contributed by atoms with Gasteiger partial charge < -0.3 is 15.0 Å². The van der Waals surface area contributed by atoms with Crippen LogP contribution in [-0.2, 0) is 27.5 Å². The Morgan fingerprint density at radius 1 is 0.911 bits per heavy atom. The van der Waals surface area contributed by atoms with Gasteiger partial charge in [-0.1, -0.05) is 39.3 Å². The number of ether oxygens (including phenoxy) is 1. The molecular weight excluding hydrogens is 732 g/mol. The van der Waals surface area contributed by atoms with Crippen molar-refractivity contribution in [2.45, 2.75) is 116 Å². The van der Waals surface area contributed by atoms with Crippen LogP contribution < -0.4 is 15.4 Å². The van der Waals surface area contributed by atoms with E-state index in [1.54, 1.807) is 12.1 Å². The van der Waals surface area contributed by atoms with Crippen LogP contribution in [0.15, 0.2) is 30.3 Å². The van der Waals surface area contributed by atoms with Gasteiger partial charge in [-0.25, -0.2) is 0 Å². The van der Waals surface area contributed by atoms with Gasteiger partial charge in [0, 0.05) is 74.0 Å². The fourth-order valence-corrected chi connectivity index (χ4v) is 11.1. The van der Waals surface area contributed by atoms with Crippen molar-refractivity contribution >= 4 is 41.1 Å². The van der Waals surface area contributed by atoms with Crippen LogP contribution in [-0.4, -0.2) is 88.1 Å². The number of hydrogen-bond acceptors (Lipinski definition) is 9. The summed E-state index contributed by atoms with van der Waals surface area (Å²) in [6, 6.07) is 10.6. The van der Waals surface area contributed by atoms with Crippen LogP contribution in [0.4, 0.5) is 0 Å². The van der Waals surface area contributed by atoms with Crippen molar-refractivity contribution in [2.24, 2.45) is 22.7 Å². The van der Waals surface area contributed by atoms with E-state index in [4.69, 9.17) is 16.3 Å². The summed E-state index contributed by atoms with van der Waals surface area (Å²) in [6.45, 7) is 12.8. The van der Waals surface area contributed by atoms with Crippen molar-refractivity contribution in [1.29, 1.82) is 5.26 Å². The average molecular weight is 783 g/mol. The molecule has 0 aromatic heterocycles. The quantitative estimate of drug-likeness (QED) is 0.345. The van der Waals surface area contributed by atoms with E-state index >= 15 is 0 Å². The van der Waals surface area contributed by atoms with Crippen molar-refractivity contribution < 1.29 is 28.7 Å². The van der Waals surface area contributed by atoms with Crippen LogP contribution >= 0.6 is 11.6 Å². The lowest BCUT2D eigenvalue weighted by Gasteiger charge is -2.64. The maximum atomic E-state index is 13.7. The molecule has 2 aromatic carbocycles. The minimum Gasteiger partial charge on any atom is -0.489 e. The van der Waals surface area contributed by atoms with Crippen molar-refractivity contribution in [3.8, 4) is 11.8 Å². The van der Waals surface area contributed by atoms with Crippen LogP contribution in [0.2, 0.25) is 5.02 Å². The number of carbonyl (C=O) groups excluding carboxylic acids is 5. The smallest absolute Gasteiger partial charge is 0.262 e. The fourth-order valence-electron chi connectivity index (χ4n) is 10.9. The maximum Gasteiger partial charge on any atom is 0.262 e. The van der Waals surface area contributed by atoms with Crippen LogP contribution in [0.5, 0.6) is 5.75 Å². The van der Waals surface area contributed by atoms with E-state index in [1.165, 1.54) is 0 Å². The summed E-state index contributed by atoms with van der Waals surface area (Å²) >= 11 is 6.28. The third-order valence-electron chi connectivity index (χ3n) is 13.6. The largest absolute Gasteiger partial charge is 0.489 e. The number of halogens is 1. The molecule has 0 radical (unpaired) electrons. The van der Waals surface area contributed by atoms with Crippen LogP contribution in [0, 0.1) is 34.0 Å². The Morgan fingerprint density at radius 3 is 2.11 bits per heavy atom. The lowest BCUT2D eigenvalue weighted by atomic mass is 9.49. The molecule has 2 N–H and O–H groups in total. The number of nitrogens with one attached hydrogen (secondary N) is 2. The number of carbonyl (C=O) groups is 5. The minimum atomic E-state index is -0.965. The molecule has 0 bridgehead atoms. The van der Waals surface area contributed by atoms with Gasteiger partial charge in [0.25, 0.3) is 11.8 Å². The van der Waals surface area contributed by atoms with Gasteiger partial charge in [-0.15, -0.1) is 0 Å². The Kier molecular flexibility index (Phi) is 10.0. The van der Waals surface area contributed by atoms with E-state index in [1.807, 2.05) is 18.2 Å². The first kappa shape index (κ1) is 38.6. The van der Waals surface area contributed by atoms with Crippen molar-refractivity contribution in [2.75, 3.05) is 19.6 Å². The normalized spacial score (nSPS) is 28.7. The third kappa shape index (κ3) is 6.79. The molecule has 6 aliphatic rings.